The van der Waals surface area contributed by atoms with Crippen molar-refractivity contribution in [3.8, 4) is 11.3 Å². The number of rotatable bonds is 4. The summed E-state index contributed by atoms with van der Waals surface area (Å²) in [5.74, 6) is -2.26. The van der Waals surface area contributed by atoms with Crippen LogP contribution in [0.1, 0.15) is 31.6 Å². The summed E-state index contributed by atoms with van der Waals surface area (Å²) in [5.41, 5.74) is 8.14. The van der Waals surface area contributed by atoms with Gasteiger partial charge in [0.2, 0.25) is 11.9 Å². The number of hydrogen-bond acceptors (Lipinski definition) is 7. The van der Waals surface area contributed by atoms with Gasteiger partial charge in [-0.3, -0.25) is 4.79 Å². The molecule has 5 rings (SSSR count). The van der Waals surface area contributed by atoms with E-state index in [2.05, 4.69) is 25.5 Å². The number of alkyl halides is 4. The minimum Gasteiger partial charge on any atom is -0.371 e. The molecule has 3 N–H and O–H groups in total. The number of halogens is 4. The lowest BCUT2D eigenvalue weighted by Gasteiger charge is -2.31. The number of nitrogens with one attached hydrogen (secondary N) is 1. The highest BCUT2D eigenvalue weighted by molar-refractivity contribution is 5.87. The normalized spacial score (nSPS) is 16.0. The van der Waals surface area contributed by atoms with Crippen molar-refractivity contribution in [2.45, 2.75) is 31.9 Å². The molecular formula is C22H25F4N9O. The maximum atomic E-state index is 13.8. The van der Waals surface area contributed by atoms with Crippen LogP contribution in [0.4, 0.5) is 29.3 Å². The van der Waals surface area contributed by atoms with Crippen LogP contribution in [0.15, 0.2) is 30.6 Å². The first-order valence-corrected chi connectivity index (χ1v) is 11.1. The number of nitrogen functional groups attached to an aromatic ring is 1. The number of carbonyl (C=O) groups excluding carboxylic acids is 1. The molecule has 0 radical (unpaired) electrons. The van der Waals surface area contributed by atoms with Gasteiger partial charge < -0.3 is 16.0 Å². The van der Waals surface area contributed by atoms with Gasteiger partial charge in [0, 0.05) is 38.7 Å². The molecule has 1 fully saturated rings. The van der Waals surface area contributed by atoms with E-state index in [1.807, 2.05) is 0 Å². The smallest absolute Gasteiger partial charge is 0.265 e. The lowest BCUT2D eigenvalue weighted by atomic mass is 10.1. The molecule has 0 aromatic carbocycles. The minimum absolute atomic E-state index is 0.0669. The van der Waals surface area contributed by atoms with E-state index < -0.39 is 25.3 Å². The van der Waals surface area contributed by atoms with Gasteiger partial charge in [0.05, 0.1) is 24.1 Å². The molecule has 4 aromatic rings. The Hall–Kier alpha value is -3.97. The monoisotopic (exact) mass is 507 g/mol. The Bertz CT molecular complexity index is 1390. The third-order valence-corrected chi connectivity index (χ3v) is 5.72. The highest BCUT2D eigenvalue weighted by Crippen LogP contribution is 2.29. The maximum absolute atomic E-state index is 13.8. The van der Waals surface area contributed by atoms with Crippen LogP contribution < -0.4 is 11.1 Å². The summed E-state index contributed by atoms with van der Waals surface area (Å²) in [7, 11) is 1.72. The summed E-state index contributed by atoms with van der Waals surface area (Å²) in [4.78, 5) is 20.1. The Morgan fingerprint density at radius 3 is 2.69 bits per heavy atom. The van der Waals surface area contributed by atoms with Crippen molar-refractivity contribution in [1.82, 2.24) is 34.1 Å². The number of hydrogen-bond donors (Lipinski definition) is 2. The second-order valence-electron chi connectivity index (χ2n) is 8.28. The first kappa shape index (κ1) is 25.1. The molecule has 36 heavy (non-hydrogen) atoms. The summed E-state index contributed by atoms with van der Waals surface area (Å²) >= 11 is 0. The number of likely N-dealkylation sites (tertiary alicyclic amines) is 1. The quantitative estimate of drug-likeness (QED) is 0.407. The van der Waals surface area contributed by atoms with E-state index in [0.29, 0.717) is 35.6 Å². The number of nitrogens with two attached hydrogens (primary N) is 1. The number of amides is 1. The topological polar surface area (TPSA) is 119 Å². The molecule has 192 valence electrons. The van der Waals surface area contributed by atoms with Crippen molar-refractivity contribution in [3.05, 3.63) is 36.3 Å². The maximum Gasteiger partial charge on any atom is 0.265 e. The zero-order chi connectivity index (χ0) is 26.0. The number of nitrogens with zero attached hydrogens (tertiary/aromatic N) is 7. The first-order valence-electron chi connectivity index (χ1n) is 11.1. The van der Waals surface area contributed by atoms with Gasteiger partial charge in [-0.2, -0.15) is 10.1 Å². The van der Waals surface area contributed by atoms with Crippen LogP contribution in [-0.4, -0.2) is 72.7 Å². The van der Waals surface area contributed by atoms with E-state index in [9.17, 15) is 22.4 Å². The third-order valence-electron chi connectivity index (χ3n) is 5.72. The predicted molar refractivity (Wildman–Crippen MR) is 125 cm³/mol. The van der Waals surface area contributed by atoms with Crippen molar-refractivity contribution in [3.63, 3.8) is 0 Å². The molecule has 14 heteroatoms. The number of anilines is 2. The van der Waals surface area contributed by atoms with Crippen molar-refractivity contribution in [2.24, 2.45) is 0 Å². The molecule has 1 saturated heterocycles. The van der Waals surface area contributed by atoms with E-state index in [1.54, 1.807) is 36.0 Å². The van der Waals surface area contributed by atoms with Gasteiger partial charge in [-0.15, -0.1) is 5.10 Å². The van der Waals surface area contributed by atoms with Crippen molar-refractivity contribution in [2.75, 3.05) is 37.9 Å². The molecule has 1 aliphatic rings. The largest absolute Gasteiger partial charge is 0.371 e. The molecule has 0 spiro atoms. The summed E-state index contributed by atoms with van der Waals surface area (Å²) in [6, 6.07) is 5.24. The molecule has 4 aromatic heterocycles. The molecule has 5 heterocycles. The molecule has 0 saturated carbocycles. The molecule has 1 amide bonds. The second-order valence-corrected chi connectivity index (χ2v) is 8.28. The molecule has 1 atom stereocenters. The summed E-state index contributed by atoms with van der Waals surface area (Å²) in [5, 5.41) is 11.5. The third kappa shape index (κ3) is 5.02. The number of imidazole rings is 1. The lowest BCUT2D eigenvalue weighted by molar-refractivity contribution is -0.139. The number of piperidine rings is 1. The Kier molecular flexibility index (Phi) is 6.95. The summed E-state index contributed by atoms with van der Waals surface area (Å²) < 4.78 is 54.6. The van der Waals surface area contributed by atoms with Crippen LogP contribution in [0.2, 0.25) is 0 Å². The zero-order valence-corrected chi connectivity index (χ0v) is 19.6. The average molecular weight is 507 g/mol. The fourth-order valence-corrected chi connectivity index (χ4v) is 3.98. The predicted octanol–water partition coefficient (Wildman–Crippen LogP) is 3.31. The molecule has 10 nitrogen and oxygen atoms in total. The fraction of sp³-hybridized carbons (Fsp3) is 0.409. The first-order chi connectivity index (χ1) is 17.1. The Balaban J connectivity index is 0.000000233. The standard InChI is InChI=1S/C15H14F2N8.C7H11F2NO/c1-19-14-13-8(4-5-24(13)23-15(18)21-14)10-2-3-12-20-7-11(9(17)6-16)25(12)22-10;1-6(11)10-4-2-3-7(8,9)5-10/h2-5,7,9H,6H2,1H3,(H3,18,19,21,23);2-5H2,1H3. The van der Waals surface area contributed by atoms with Crippen molar-refractivity contribution >= 4 is 28.8 Å². The Morgan fingerprint density at radius 1 is 1.28 bits per heavy atom. The summed E-state index contributed by atoms with van der Waals surface area (Å²) in [6.45, 7) is 0.264. The van der Waals surface area contributed by atoms with Gasteiger partial charge >= 0.3 is 0 Å². The van der Waals surface area contributed by atoms with Crippen LogP contribution in [0.5, 0.6) is 0 Å². The van der Waals surface area contributed by atoms with E-state index >= 15 is 0 Å². The second kappa shape index (κ2) is 9.95. The van der Waals surface area contributed by atoms with Gasteiger partial charge in [0.15, 0.2) is 17.6 Å². The lowest BCUT2D eigenvalue weighted by Crippen LogP contribution is -2.44. The number of carbonyl (C=O) groups is 1. The molecule has 0 bridgehead atoms. The minimum atomic E-state index is -2.66. The van der Waals surface area contributed by atoms with Crippen LogP contribution in [0, 0.1) is 0 Å². The Morgan fingerprint density at radius 2 is 2.06 bits per heavy atom. The van der Waals surface area contributed by atoms with Crippen molar-refractivity contribution < 1.29 is 22.4 Å². The molecule has 1 unspecified atom stereocenters. The van der Waals surface area contributed by atoms with Gasteiger partial charge in [0.25, 0.3) is 5.92 Å². The molecular weight excluding hydrogens is 482 g/mol. The number of fused-ring (bicyclic) bond motifs is 2. The van der Waals surface area contributed by atoms with Crippen LogP contribution in [0.25, 0.3) is 22.4 Å². The van der Waals surface area contributed by atoms with Gasteiger partial charge in [-0.1, -0.05) is 0 Å². The zero-order valence-electron chi connectivity index (χ0n) is 19.6. The molecule has 0 aliphatic carbocycles. The average Bonchev–Trinajstić information content (AvgIpc) is 3.46. The van der Waals surface area contributed by atoms with Gasteiger partial charge in [0.1, 0.15) is 12.2 Å². The Labute approximate surface area is 203 Å². The van der Waals surface area contributed by atoms with Crippen LogP contribution in [-0.2, 0) is 4.79 Å². The number of aromatic nitrogens is 6. The van der Waals surface area contributed by atoms with Gasteiger partial charge in [-0.05, 0) is 24.6 Å². The fourth-order valence-electron chi connectivity index (χ4n) is 3.98. The van der Waals surface area contributed by atoms with Crippen molar-refractivity contribution in [1.29, 1.82) is 0 Å². The van der Waals surface area contributed by atoms with E-state index in [4.69, 9.17) is 5.73 Å². The highest BCUT2D eigenvalue weighted by atomic mass is 19.3. The van der Waals surface area contributed by atoms with E-state index in [0.717, 1.165) is 5.56 Å². The highest BCUT2D eigenvalue weighted by Gasteiger charge is 2.35. The van der Waals surface area contributed by atoms with Crippen LogP contribution in [0.3, 0.4) is 0 Å². The SMILES string of the molecule is CC(=O)N1CCCC(F)(F)C1.CNc1nc(N)nn2ccc(-c3ccc4ncc(C(F)CF)n4n3)c12. The molecule has 1 aliphatic heterocycles. The summed E-state index contributed by atoms with van der Waals surface area (Å²) in [6.07, 6.45) is 1.56. The van der Waals surface area contributed by atoms with Gasteiger partial charge in [-0.25, -0.2) is 31.6 Å². The van der Waals surface area contributed by atoms with E-state index in [-0.39, 0.29) is 24.0 Å². The van der Waals surface area contributed by atoms with E-state index in [1.165, 1.54) is 22.5 Å². The van der Waals surface area contributed by atoms with Crippen LogP contribution >= 0.6 is 0 Å².